The zero-order valence-electron chi connectivity index (χ0n) is 21.6. The molecule has 200 valence electrons. The number of imide groups is 1. The van der Waals surface area contributed by atoms with E-state index in [0.29, 0.717) is 25.8 Å². The average Bonchev–Trinajstić information content (AvgIpc) is 3.17. The smallest absolute Gasteiger partial charge is 0.243 e. The highest BCUT2D eigenvalue weighted by atomic mass is 79.9. The first-order chi connectivity index (χ1) is 18.4. The lowest BCUT2D eigenvalue weighted by Crippen LogP contribution is -2.51. The van der Waals surface area contributed by atoms with Gasteiger partial charge in [-0.3, -0.25) is 24.1 Å². The van der Waals surface area contributed by atoms with Crippen molar-refractivity contribution in [2.24, 2.45) is 11.8 Å². The summed E-state index contributed by atoms with van der Waals surface area (Å²) >= 11 is 3.49. The van der Waals surface area contributed by atoms with Crippen molar-refractivity contribution in [1.29, 1.82) is 0 Å². The van der Waals surface area contributed by atoms with Gasteiger partial charge < -0.3 is 10.2 Å². The number of fused-ring (bicyclic) bond motifs is 1. The maximum Gasteiger partial charge on any atom is 0.243 e. The van der Waals surface area contributed by atoms with Crippen molar-refractivity contribution < 1.29 is 19.2 Å². The lowest BCUT2D eigenvalue weighted by Gasteiger charge is -2.32. The van der Waals surface area contributed by atoms with E-state index in [1.165, 1.54) is 4.90 Å². The van der Waals surface area contributed by atoms with Gasteiger partial charge in [-0.25, -0.2) is 0 Å². The highest BCUT2D eigenvalue weighted by molar-refractivity contribution is 9.10. The summed E-state index contributed by atoms with van der Waals surface area (Å²) in [6.07, 6.45) is 6.11. The van der Waals surface area contributed by atoms with Crippen molar-refractivity contribution in [2.75, 3.05) is 13.1 Å². The molecule has 1 saturated heterocycles. The zero-order valence-corrected chi connectivity index (χ0v) is 23.2. The summed E-state index contributed by atoms with van der Waals surface area (Å²) < 4.78 is 0.877. The Bertz CT molecular complexity index is 1170. The Balaban J connectivity index is 1.57. The van der Waals surface area contributed by atoms with Crippen LogP contribution in [-0.2, 0) is 32.1 Å². The third-order valence-corrected chi connectivity index (χ3v) is 7.70. The van der Waals surface area contributed by atoms with E-state index in [1.54, 1.807) is 4.90 Å². The predicted molar refractivity (Wildman–Crippen MR) is 149 cm³/mol. The molecule has 2 aromatic carbocycles. The Hall–Kier alpha value is -3.26. The molecule has 1 aliphatic carbocycles. The summed E-state index contributed by atoms with van der Waals surface area (Å²) in [5.41, 5.74) is 1.82. The summed E-state index contributed by atoms with van der Waals surface area (Å²) in [4.78, 5) is 55.9. The summed E-state index contributed by atoms with van der Waals surface area (Å²) in [6.45, 7) is 2.74. The number of allylic oxidation sites excluding steroid dienone is 2. The van der Waals surface area contributed by atoms with Crippen LogP contribution in [0.1, 0.15) is 43.7 Å². The van der Waals surface area contributed by atoms with Gasteiger partial charge in [0.25, 0.3) is 0 Å². The SMILES string of the molecule is CCCNC(=O)[C@@H](Cc1ccccc1)N(Cc1cccc(Br)c1)C(=O)CCN1C(=O)[C@H]2CC=CC[C@H]2C1=O. The summed E-state index contributed by atoms with van der Waals surface area (Å²) in [5.74, 6) is -1.54. The van der Waals surface area contributed by atoms with E-state index < -0.39 is 6.04 Å². The molecular weight excluding hydrogens is 546 g/mol. The predicted octanol–water partition coefficient (Wildman–Crippen LogP) is 4.26. The minimum Gasteiger partial charge on any atom is -0.354 e. The second-order valence-corrected chi connectivity index (χ2v) is 10.8. The zero-order chi connectivity index (χ0) is 27.1. The van der Waals surface area contributed by atoms with E-state index in [-0.39, 0.29) is 55.0 Å². The fourth-order valence-electron chi connectivity index (χ4n) is 5.19. The molecule has 0 aromatic heterocycles. The lowest BCUT2D eigenvalue weighted by atomic mass is 9.85. The number of hydrogen-bond acceptors (Lipinski definition) is 4. The summed E-state index contributed by atoms with van der Waals surface area (Å²) in [5, 5.41) is 2.96. The van der Waals surface area contributed by atoms with Crippen LogP contribution in [0.3, 0.4) is 0 Å². The number of halogens is 1. The molecule has 8 heteroatoms. The molecule has 7 nitrogen and oxygen atoms in total. The molecular formula is C30H34BrN3O4. The minimum absolute atomic E-state index is 0.0210. The van der Waals surface area contributed by atoms with Crippen molar-refractivity contribution in [3.8, 4) is 0 Å². The van der Waals surface area contributed by atoms with E-state index >= 15 is 0 Å². The van der Waals surface area contributed by atoms with E-state index in [1.807, 2.05) is 73.7 Å². The number of carbonyl (C=O) groups excluding carboxylic acids is 4. The van der Waals surface area contributed by atoms with Crippen LogP contribution in [-0.4, -0.2) is 52.6 Å². The Morgan fingerprint density at radius 2 is 1.66 bits per heavy atom. The molecule has 0 bridgehead atoms. The first kappa shape index (κ1) is 27.8. The molecule has 1 aliphatic heterocycles. The lowest BCUT2D eigenvalue weighted by molar-refractivity contribution is -0.144. The molecule has 1 fully saturated rings. The largest absolute Gasteiger partial charge is 0.354 e. The van der Waals surface area contributed by atoms with Crippen LogP contribution in [0.25, 0.3) is 0 Å². The van der Waals surface area contributed by atoms with Crippen LogP contribution in [0, 0.1) is 11.8 Å². The van der Waals surface area contributed by atoms with Gasteiger partial charge in [0.1, 0.15) is 6.04 Å². The summed E-state index contributed by atoms with van der Waals surface area (Å²) in [6, 6.07) is 16.5. The third-order valence-electron chi connectivity index (χ3n) is 7.21. The monoisotopic (exact) mass is 579 g/mol. The second kappa shape index (κ2) is 13.0. The van der Waals surface area contributed by atoms with Crippen molar-refractivity contribution in [2.45, 2.75) is 51.6 Å². The van der Waals surface area contributed by atoms with Gasteiger partial charge in [0.15, 0.2) is 0 Å². The molecule has 2 aromatic rings. The fourth-order valence-corrected chi connectivity index (χ4v) is 5.64. The highest BCUT2D eigenvalue weighted by Gasteiger charge is 2.47. The molecule has 0 radical (unpaired) electrons. The number of nitrogens with one attached hydrogen (secondary N) is 1. The van der Waals surface area contributed by atoms with E-state index in [0.717, 1.165) is 22.0 Å². The van der Waals surface area contributed by atoms with Gasteiger partial charge >= 0.3 is 0 Å². The van der Waals surface area contributed by atoms with Crippen LogP contribution < -0.4 is 5.32 Å². The molecule has 0 saturated carbocycles. The molecule has 0 spiro atoms. The highest BCUT2D eigenvalue weighted by Crippen LogP contribution is 2.35. The van der Waals surface area contributed by atoms with Gasteiger partial charge in [0, 0.05) is 36.9 Å². The van der Waals surface area contributed by atoms with Crippen molar-refractivity contribution >= 4 is 39.6 Å². The van der Waals surface area contributed by atoms with Crippen molar-refractivity contribution in [3.63, 3.8) is 0 Å². The maximum atomic E-state index is 13.8. The van der Waals surface area contributed by atoms with Gasteiger partial charge in [-0.15, -0.1) is 0 Å². The molecule has 1 N–H and O–H groups in total. The molecule has 2 aliphatic rings. The van der Waals surface area contributed by atoms with Gasteiger partial charge in [-0.2, -0.15) is 0 Å². The molecule has 38 heavy (non-hydrogen) atoms. The normalized spacial score (nSPS) is 19.3. The Kier molecular flexibility index (Phi) is 9.50. The van der Waals surface area contributed by atoms with Gasteiger partial charge in [-0.05, 0) is 42.5 Å². The minimum atomic E-state index is -0.743. The van der Waals surface area contributed by atoms with Crippen LogP contribution in [0.15, 0.2) is 71.2 Å². The van der Waals surface area contributed by atoms with E-state index in [9.17, 15) is 19.2 Å². The number of carbonyl (C=O) groups is 4. The van der Waals surface area contributed by atoms with Crippen LogP contribution in [0.5, 0.6) is 0 Å². The number of nitrogens with zero attached hydrogens (tertiary/aromatic N) is 2. The van der Waals surface area contributed by atoms with Crippen LogP contribution in [0.4, 0.5) is 0 Å². The number of benzene rings is 2. The maximum absolute atomic E-state index is 13.8. The molecule has 4 rings (SSSR count). The molecule has 4 amide bonds. The van der Waals surface area contributed by atoms with E-state index in [4.69, 9.17) is 0 Å². The third kappa shape index (κ3) is 6.59. The number of rotatable bonds is 11. The van der Waals surface area contributed by atoms with Crippen molar-refractivity contribution in [3.05, 3.63) is 82.3 Å². The first-order valence-electron chi connectivity index (χ1n) is 13.2. The molecule has 0 unspecified atom stereocenters. The van der Waals surface area contributed by atoms with E-state index in [2.05, 4.69) is 21.2 Å². The van der Waals surface area contributed by atoms with Crippen molar-refractivity contribution in [1.82, 2.24) is 15.1 Å². The Morgan fingerprint density at radius 3 is 2.29 bits per heavy atom. The molecule has 1 heterocycles. The van der Waals surface area contributed by atoms with Gasteiger partial charge in [0.2, 0.25) is 23.6 Å². The average molecular weight is 581 g/mol. The van der Waals surface area contributed by atoms with Gasteiger partial charge in [0.05, 0.1) is 11.8 Å². The Labute approximate surface area is 232 Å². The van der Waals surface area contributed by atoms with Crippen LogP contribution >= 0.6 is 15.9 Å². The quantitative estimate of drug-likeness (QED) is 0.318. The fraction of sp³-hybridized carbons (Fsp3) is 0.400. The standard InChI is InChI=1S/C30H34BrN3O4/c1-2-16-32-28(36)26(19-21-9-4-3-5-10-21)34(20-22-11-8-12-23(31)18-22)27(35)15-17-33-29(37)24-13-6-7-14-25(24)30(33)38/h3-12,18,24-26H,2,13-17,19-20H2,1H3,(H,32,36)/t24-,25+,26-/m1/s1. The topological polar surface area (TPSA) is 86.8 Å². The van der Waals surface area contributed by atoms with Gasteiger partial charge in [-0.1, -0.05) is 77.5 Å². The number of hydrogen-bond donors (Lipinski definition) is 1. The number of amides is 4. The molecule has 3 atom stereocenters. The van der Waals surface area contributed by atoms with Crippen LogP contribution in [0.2, 0.25) is 0 Å². The number of likely N-dealkylation sites (tertiary alicyclic amines) is 1. The summed E-state index contributed by atoms with van der Waals surface area (Å²) in [7, 11) is 0. The Morgan fingerprint density at radius 1 is 1.00 bits per heavy atom. The second-order valence-electron chi connectivity index (χ2n) is 9.88. The first-order valence-corrected chi connectivity index (χ1v) is 14.0.